The third-order valence-corrected chi connectivity index (χ3v) is 6.34. The Morgan fingerprint density at radius 3 is 2.46 bits per heavy atom. The van der Waals surface area contributed by atoms with Crippen molar-refractivity contribution in [3.05, 3.63) is 68.7 Å². The molecule has 1 heterocycles. The van der Waals surface area contributed by atoms with Crippen LogP contribution in [-0.2, 0) is 11.3 Å². The molecule has 2 aromatic carbocycles. The van der Waals surface area contributed by atoms with Crippen molar-refractivity contribution >= 4 is 29.1 Å². The van der Waals surface area contributed by atoms with Crippen molar-refractivity contribution in [1.82, 2.24) is 10.2 Å². The van der Waals surface area contributed by atoms with Gasteiger partial charge in [-0.15, -0.1) is 0 Å². The number of hydrogen-bond acceptors (Lipinski definition) is 2. The molecular formula is C23H28Cl2N2O. The molecule has 2 aromatic rings. The molecule has 0 radical (unpaired) electrons. The number of carbonyl (C=O) groups excluding carboxylic acids is 1. The smallest absolute Gasteiger partial charge is 0.223 e. The van der Waals surface area contributed by atoms with Crippen LogP contribution in [0.2, 0.25) is 10.0 Å². The van der Waals surface area contributed by atoms with Crippen LogP contribution in [0.1, 0.15) is 48.1 Å². The Morgan fingerprint density at radius 2 is 1.82 bits per heavy atom. The molecule has 0 bridgehead atoms. The van der Waals surface area contributed by atoms with Crippen LogP contribution < -0.4 is 5.32 Å². The fourth-order valence-corrected chi connectivity index (χ4v) is 4.29. The predicted octanol–water partition coefficient (Wildman–Crippen LogP) is 5.70. The number of piperidine rings is 1. The number of aryl methyl sites for hydroxylation is 2. The molecule has 1 amide bonds. The second-order valence-corrected chi connectivity index (χ2v) is 8.70. The maximum Gasteiger partial charge on any atom is 0.223 e. The molecule has 1 fully saturated rings. The topological polar surface area (TPSA) is 32.3 Å². The Hall–Kier alpha value is -1.55. The van der Waals surface area contributed by atoms with Crippen LogP contribution in [0.15, 0.2) is 36.4 Å². The summed E-state index contributed by atoms with van der Waals surface area (Å²) in [6.45, 7) is 8.92. The molecule has 28 heavy (non-hydrogen) atoms. The number of hydrogen-bond donors (Lipinski definition) is 1. The summed E-state index contributed by atoms with van der Waals surface area (Å²) in [5.74, 6) is 0.250. The molecule has 0 spiro atoms. The van der Waals surface area contributed by atoms with E-state index in [9.17, 15) is 4.79 Å². The molecule has 3 rings (SSSR count). The zero-order chi connectivity index (χ0) is 20.3. The Bertz CT molecular complexity index is 844. The normalized spacial score (nSPS) is 16.8. The van der Waals surface area contributed by atoms with Crippen LogP contribution in [0.4, 0.5) is 0 Å². The maximum atomic E-state index is 12.7. The van der Waals surface area contributed by atoms with Gasteiger partial charge in [0.05, 0.1) is 16.1 Å². The third-order valence-electron chi connectivity index (χ3n) is 5.60. The molecule has 1 N–H and O–H groups in total. The Morgan fingerprint density at radius 1 is 1.11 bits per heavy atom. The summed E-state index contributed by atoms with van der Waals surface area (Å²) >= 11 is 12.1. The molecular weight excluding hydrogens is 391 g/mol. The third kappa shape index (κ3) is 5.28. The van der Waals surface area contributed by atoms with Crippen LogP contribution in [0, 0.1) is 19.8 Å². The number of nitrogens with one attached hydrogen (secondary N) is 1. The highest BCUT2D eigenvalue weighted by Gasteiger charge is 2.26. The summed E-state index contributed by atoms with van der Waals surface area (Å²) in [5.41, 5.74) is 4.81. The number of rotatable bonds is 5. The molecule has 5 heteroatoms. The van der Waals surface area contributed by atoms with Crippen molar-refractivity contribution in [2.75, 3.05) is 13.1 Å². The monoisotopic (exact) mass is 418 g/mol. The molecule has 0 aromatic heterocycles. The summed E-state index contributed by atoms with van der Waals surface area (Å²) in [6.07, 6.45) is 1.76. The molecule has 1 aliphatic heterocycles. The molecule has 1 unspecified atom stereocenters. The first-order chi connectivity index (χ1) is 13.3. The number of amides is 1. The second-order valence-electron chi connectivity index (χ2n) is 7.89. The van der Waals surface area contributed by atoms with E-state index in [1.165, 1.54) is 16.7 Å². The van der Waals surface area contributed by atoms with E-state index >= 15 is 0 Å². The van der Waals surface area contributed by atoms with Crippen molar-refractivity contribution in [3.8, 4) is 0 Å². The molecule has 0 saturated carbocycles. The van der Waals surface area contributed by atoms with Gasteiger partial charge in [0.1, 0.15) is 0 Å². The van der Waals surface area contributed by atoms with Gasteiger partial charge < -0.3 is 5.32 Å². The van der Waals surface area contributed by atoms with Gasteiger partial charge in [-0.1, -0.05) is 53.0 Å². The molecule has 0 aliphatic carbocycles. The van der Waals surface area contributed by atoms with E-state index in [0.717, 1.165) is 38.0 Å². The van der Waals surface area contributed by atoms with E-state index in [2.05, 4.69) is 49.2 Å². The average molecular weight is 419 g/mol. The minimum absolute atomic E-state index is 0.0299. The van der Waals surface area contributed by atoms with Gasteiger partial charge in [0.2, 0.25) is 5.91 Å². The lowest BCUT2D eigenvalue weighted by Crippen LogP contribution is -2.41. The first-order valence-electron chi connectivity index (χ1n) is 9.87. The minimum atomic E-state index is 0.0299. The molecule has 1 aliphatic rings. The van der Waals surface area contributed by atoms with Crippen molar-refractivity contribution in [2.45, 2.75) is 46.2 Å². The lowest BCUT2D eigenvalue weighted by molar-refractivity contribution is -0.127. The van der Waals surface area contributed by atoms with E-state index in [1.807, 2.05) is 18.2 Å². The quantitative estimate of drug-likeness (QED) is 0.674. The predicted molar refractivity (Wildman–Crippen MR) is 117 cm³/mol. The van der Waals surface area contributed by atoms with Gasteiger partial charge in [-0.3, -0.25) is 9.69 Å². The lowest BCUT2D eigenvalue weighted by Gasteiger charge is -2.32. The number of halogens is 2. The molecule has 1 saturated heterocycles. The van der Waals surface area contributed by atoms with Crippen molar-refractivity contribution in [2.24, 2.45) is 5.92 Å². The summed E-state index contributed by atoms with van der Waals surface area (Å²) < 4.78 is 0. The van der Waals surface area contributed by atoms with Crippen molar-refractivity contribution < 1.29 is 4.79 Å². The first-order valence-corrected chi connectivity index (χ1v) is 10.6. The highest BCUT2D eigenvalue weighted by Crippen LogP contribution is 2.26. The number of likely N-dealkylation sites (tertiary alicyclic amines) is 1. The number of carbonyl (C=O) groups is 1. The van der Waals surface area contributed by atoms with Crippen LogP contribution in [-0.4, -0.2) is 23.9 Å². The summed E-state index contributed by atoms with van der Waals surface area (Å²) in [7, 11) is 0. The highest BCUT2D eigenvalue weighted by atomic mass is 35.5. The Labute approximate surface area is 178 Å². The summed E-state index contributed by atoms with van der Waals surface area (Å²) in [6, 6.07) is 12.2. The zero-order valence-corrected chi connectivity index (χ0v) is 18.3. The first kappa shape index (κ1) is 21.2. The van der Waals surface area contributed by atoms with Crippen molar-refractivity contribution in [3.63, 3.8) is 0 Å². The van der Waals surface area contributed by atoms with Crippen molar-refractivity contribution in [1.29, 1.82) is 0 Å². The van der Waals surface area contributed by atoms with Gasteiger partial charge in [0.15, 0.2) is 0 Å². The maximum absolute atomic E-state index is 12.7. The van der Waals surface area contributed by atoms with Gasteiger partial charge >= 0.3 is 0 Å². The van der Waals surface area contributed by atoms with E-state index < -0.39 is 0 Å². The SMILES string of the molecule is Cc1ccc(C(C)NC(=O)C2CCN(Cc3ccc(Cl)c(Cl)c3)CC2)c(C)c1. The fraction of sp³-hybridized carbons (Fsp3) is 0.435. The standard InChI is InChI=1S/C23H28Cl2N2O/c1-15-4-6-20(16(2)12-15)17(3)26-23(28)19-8-10-27(11-9-19)14-18-5-7-21(24)22(25)13-18/h4-7,12-13,17,19H,8-11,14H2,1-3H3,(H,26,28). The van der Waals surface area contributed by atoms with Crippen LogP contribution >= 0.6 is 23.2 Å². The summed E-state index contributed by atoms with van der Waals surface area (Å²) in [4.78, 5) is 15.1. The van der Waals surface area contributed by atoms with Crippen LogP contribution in [0.25, 0.3) is 0 Å². The van der Waals surface area contributed by atoms with E-state index in [0.29, 0.717) is 10.0 Å². The van der Waals surface area contributed by atoms with Gasteiger partial charge in [0, 0.05) is 12.5 Å². The number of benzene rings is 2. The van der Waals surface area contributed by atoms with Crippen LogP contribution in [0.3, 0.4) is 0 Å². The largest absolute Gasteiger partial charge is 0.349 e. The van der Waals surface area contributed by atoms with Gasteiger partial charge in [0.25, 0.3) is 0 Å². The summed E-state index contributed by atoms with van der Waals surface area (Å²) in [5, 5.41) is 4.39. The van der Waals surface area contributed by atoms with Gasteiger partial charge in [-0.05, 0) is 75.5 Å². The van der Waals surface area contributed by atoms with E-state index in [4.69, 9.17) is 23.2 Å². The second kappa shape index (κ2) is 9.30. The lowest BCUT2D eigenvalue weighted by atomic mass is 9.94. The average Bonchev–Trinajstić information content (AvgIpc) is 2.65. The zero-order valence-electron chi connectivity index (χ0n) is 16.8. The van der Waals surface area contributed by atoms with E-state index in [-0.39, 0.29) is 17.9 Å². The fourth-order valence-electron chi connectivity index (χ4n) is 3.97. The van der Waals surface area contributed by atoms with E-state index in [1.54, 1.807) is 0 Å². The minimum Gasteiger partial charge on any atom is -0.349 e. The molecule has 3 nitrogen and oxygen atoms in total. The molecule has 1 atom stereocenters. The van der Waals surface area contributed by atoms with Gasteiger partial charge in [-0.25, -0.2) is 0 Å². The highest BCUT2D eigenvalue weighted by molar-refractivity contribution is 6.42. The Balaban J connectivity index is 1.51. The van der Waals surface area contributed by atoms with Gasteiger partial charge in [-0.2, -0.15) is 0 Å². The number of nitrogens with zero attached hydrogens (tertiary/aromatic N) is 1. The van der Waals surface area contributed by atoms with Crippen LogP contribution in [0.5, 0.6) is 0 Å². The molecule has 150 valence electrons. The Kier molecular flexibility index (Phi) is 7.03.